The second kappa shape index (κ2) is 7.61. The van der Waals surface area contributed by atoms with Crippen molar-refractivity contribution in [2.45, 2.75) is 18.9 Å². The normalized spacial score (nSPS) is 14.6. The van der Waals surface area contributed by atoms with Gasteiger partial charge >= 0.3 is 0 Å². The Hall–Kier alpha value is -0.780. The summed E-state index contributed by atoms with van der Waals surface area (Å²) in [7, 11) is 0. The first-order valence-corrected chi connectivity index (χ1v) is 8.06. The van der Waals surface area contributed by atoms with Gasteiger partial charge in [-0.2, -0.15) is 23.1 Å². The molecule has 0 bridgehead atoms. The fourth-order valence-electron chi connectivity index (χ4n) is 1.29. The predicted molar refractivity (Wildman–Crippen MR) is 80.0 cm³/mol. The highest BCUT2D eigenvalue weighted by Crippen LogP contribution is 2.11. The maximum absolute atomic E-state index is 11.5. The van der Waals surface area contributed by atoms with Gasteiger partial charge in [0, 0.05) is 12.6 Å². The van der Waals surface area contributed by atoms with Crippen molar-refractivity contribution >= 4 is 35.1 Å². The number of carbonyl (C=O) groups is 1. The quantitative estimate of drug-likeness (QED) is 0.756. The molecule has 0 spiro atoms. The van der Waals surface area contributed by atoms with Crippen molar-refractivity contribution in [3.05, 3.63) is 28.5 Å². The highest BCUT2D eigenvalue weighted by atomic mass is 32.2. The number of thioether (sulfide) groups is 1. The lowest BCUT2D eigenvalue weighted by atomic mass is 10.0. The summed E-state index contributed by atoms with van der Waals surface area (Å²) in [5.41, 5.74) is 0.179. The van der Waals surface area contributed by atoms with Crippen molar-refractivity contribution in [3.8, 4) is 0 Å². The van der Waals surface area contributed by atoms with Crippen molar-refractivity contribution in [1.29, 1.82) is 0 Å². The Kier molecular flexibility index (Phi) is 6.46. The van der Waals surface area contributed by atoms with Crippen LogP contribution in [0.1, 0.15) is 18.9 Å². The van der Waals surface area contributed by atoms with E-state index in [0.717, 1.165) is 11.3 Å². The molecule has 0 aliphatic rings. The van der Waals surface area contributed by atoms with Crippen molar-refractivity contribution < 1.29 is 9.90 Å². The standard InChI is InChI=1S/C13H19NO2S2/c1-13(16,6-8-17-2)10-14-12(15)4-3-11-5-7-18-9-11/h3-5,7,9,16H,6,8,10H2,1-2H3,(H,14,15)/b4-3+/t13-/m1/s1. The molecular weight excluding hydrogens is 266 g/mol. The first-order valence-electron chi connectivity index (χ1n) is 5.73. The van der Waals surface area contributed by atoms with Crippen LogP contribution in [0.3, 0.4) is 0 Å². The summed E-state index contributed by atoms with van der Waals surface area (Å²) < 4.78 is 0. The number of rotatable bonds is 7. The molecule has 100 valence electrons. The van der Waals surface area contributed by atoms with Crippen molar-refractivity contribution in [2.24, 2.45) is 0 Å². The van der Waals surface area contributed by atoms with Gasteiger partial charge in [0.05, 0.1) is 5.60 Å². The molecule has 0 aromatic carbocycles. The summed E-state index contributed by atoms with van der Waals surface area (Å²) in [5.74, 6) is 0.707. The number of carbonyl (C=O) groups excluding carboxylic acids is 1. The van der Waals surface area contributed by atoms with Crippen LogP contribution in [0.2, 0.25) is 0 Å². The summed E-state index contributed by atoms with van der Waals surface area (Å²) in [6.45, 7) is 2.02. The van der Waals surface area contributed by atoms with Gasteiger partial charge in [-0.25, -0.2) is 0 Å². The van der Waals surface area contributed by atoms with Crippen LogP contribution < -0.4 is 5.32 Å². The van der Waals surface area contributed by atoms with E-state index in [4.69, 9.17) is 0 Å². The van der Waals surface area contributed by atoms with Crippen molar-refractivity contribution in [1.82, 2.24) is 5.32 Å². The molecule has 18 heavy (non-hydrogen) atoms. The number of nitrogens with one attached hydrogen (secondary N) is 1. The summed E-state index contributed by atoms with van der Waals surface area (Å²) in [6.07, 6.45) is 5.93. The number of hydrogen-bond acceptors (Lipinski definition) is 4. The maximum Gasteiger partial charge on any atom is 0.244 e. The Morgan fingerprint density at radius 2 is 2.44 bits per heavy atom. The van der Waals surface area contributed by atoms with Crippen LogP contribution >= 0.6 is 23.1 Å². The minimum Gasteiger partial charge on any atom is -0.388 e. The van der Waals surface area contributed by atoms with Crippen LogP contribution in [0, 0.1) is 0 Å². The van der Waals surface area contributed by atoms with E-state index >= 15 is 0 Å². The molecule has 0 aliphatic carbocycles. The first kappa shape index (κ1) is 15.3. The topological polar surface area (TPSA) is 49.3 Å². The zero-order valence-corrected chi connectivity index (χ0v) is 12.3. The van der Waals surface area contributed by atoms with Gasteiger partial charge in [0.15, 0.2) is 0 Å². The van der Waals surface area contributed by atoms with Gasteiger partial charge in [-0.3, -0.25) is 4.79 Å². The van der Waals surface area contributed by atoms with E-state index in [1.807, 2.05) is 23.1 Å². The van der Waals surface area contributed by atoms with Gasteiger partial charge in [-0.05, 0) is 53.8 Å². The number of amides is 1. The Labute approximate surface area is 116 Å². The molecule has 2 N–H and O–H groups in total. The molecule has 1 rings (SSSR count). The average molecular weight is 285 g/mol. The fraction of sp³-hybridized carbons (Fsp3) is 0.462. The van der Waals surface area contributed by atoms with E-state index in [1.165, 1.54) is 6.08 Å². The number of aliphatic hydroxyl groups is 1. The van der Waals surface area contributed by atoms with Crippen LogP contribution in [0.5, 0.6) is 0 Å². The highest BCUT2D eigenvalue weighted by molar-refractivity contribution is 7.98. The van der Waals surface area contributed by atoms with E-state index in [1.54, 1.807) is 36.1 Å². The Morgan fingerprint density at radius 3 is 3.06 bits per heavy atom. The monoisotopic (exact) mass is 285 g/mol. The van der Waals surface area contributed by atoms with Gasteiger partial charge in [0.2, 0.25) is 5.91 Å². The maximum atomic E-state index is 11.5. The summed E-state index contributed by atoms with van der Waals surface area (Å²) in [4.78, 5) is 11.5. The zero-order chi connectivity index (χ0) is 13.4. The Balaban J connectivity index is 2.32. The molecule has 0 unspecified atom stereocenters. The SMILES string of the molecule is CSCC[C@@](C)(O)CNC(=O)/C=C/c1ccsc1. The summed E-state index contributed by atoms with van der Waals surface area (Å²) in [6, 6.07) is 1.95. The third-order valence-electron chi connectivity index (χ3n) is 2.46. The molecule has 5 heteroatoms. The number of thiophene rings is 1. The molecule has 1 amide bonds. The van der Waals surface area contributed by atoms with Crippen molar-refractivity contribution in [2.75, 3.05) is 18.6 Å². The largest absolute Gasteiger partial charge is 0.388 e. The predicted octanol–water partition coefficient (Wildman–Crippen LogP) is 2.38. The Morgan fingerprint density at radius 1 is 1.67 bits per heavy atom. The minimum atomic E-state index is -0.838. The zero-order valence-electron chi connectivity index (χ0n) is 10.7. The van der Waals surface area contributed by atoms with E-state index in [2.05, 4.69) is 5.32 Å². The Bertz CT molecular complexity index is 386. The van der Waals surface area contributed by atoms with Crippen LogP contribution in [0.4, 0.5) is 0 Å². The molecule has 0 saturated heterocycles. The van der Waals surface area contributed by atoms with Gasteiger partial charge in [0.25, 0.3) is 0 Å². The van der Waals surface area contributed by atoms with Gasteiger partial charge < -0.3 is 10.4 Å². The van der Waals surface area contributed by atoms with E-state index in [-0.39, 0.29) is 12.5 Å². The molecule has 0 saturated carbocycles. The second-order valence-corrected chi connectivity index (χ2v) is 6.11. The molecule has 0 aliphatic heterocycles. The molecule has 0 radical (unpaired) electrons. The third-order valence-corrected chi connectivity index (χ3v) is 3.77. The van der Waals surface area contributed by atoms with Gasteiger partial charge in [-0.1, -0.05) is 0 Å². The second-order valence-electron chi connectivity index (χ2n) is 4.35. The molecule has 1 aromatic rings. The molecule has 1 atom stereocenters. The molecular formula is C13H19NO2S2. The fourth-order valence-corrected chi connectivity index (χ4v) is 2.56. The van der Waals surface area contributed by atoms with Crippen LogP contribution in [-0.4, -0.2) is 35.2 Å². The minimum absolute atomic E-state index is 0.175. The summed E-state index contributed by atoms with van der Waals surface area (Å²) in [5, 5.41) is 16.6. The van der Waals surface area contributed by atoms with E-state index < -0.39 is 5.60 Å². The smallest absolute Gasteiger partial charge is 0.244 e. The van der Waals surface area contributed by atoms with Gasteiger partial charge in [-0.15, -0.1) is 0 Å². The highest BCUT2D eigenvalue weighted by Gasteiger charge is 2.19. The lowest BCUT2D eigenvalue weighted by Gasteiger charge is -2.22. The van der Waals surface area contributed by atoms with Crippen molar-refractivity contribution in [3.63, 3.8) is 0 Å². The lowest BCUT2D eigenvalue weighted by Crippen LogP contribution is -2.40. The molecule has 0 fully saturated rings. The molecule has 1 aromatic heterocycles. The lowest BCUT2D eigenvalue weighted by molar-refractivity contribution is -0.117. The first-order chi connectivity index (χ1) is 8.53. The molecule has 3 nitrogen and oxygen atoms in total. The van der Waals surface area contributed by atoms with Crippen LogP contribution in [-0.2, 0) is 4.79 Å². The van der Waals surface area contributed by atoms with Crippen LogP contribution in [0.15, 0.2) is 22.9 Å². The van der Waals surface area contributed by atoms with E-state index in [9.17, 15) is 9.90 Å². The third kappa shape index (κ3) is 6.23. The summed E-state index contributed by atoms with van der Waals surface area (Å²) >= 11 is 3.28. The molecule has 1 heterocycles. The van der Waals surface area contributed by atoms with E-state index in [0.29, 0.717) is 6.42 Å². The van der Waals surface area contributed by atoms with Gasteiger partial charge in [0.1, 0.15) is 0 Å². The average Bonchev–Trinajstić information content (AvgIpc) is 2.84. The number of hydrogen-bond donors (Lipinski definition) is 2. The van der Waals surface area contributed by atoms with Crippen LogP contribution in [0.25, 0.3) is 6.08 Å².